The molecule has 0 aliphatic rings. The number of carbonyl (C=O) groups excluding carboxylic acids is 1. The average molecular weight is 197 g/mol. The Morgan fingerprint density at radius 2 is 2.46 bits per heavy atom. The Balaban J connectivity index is 2.34. The molecule has 1 rings (SSSR count). The monoisotopic (exact) mass is 197 g/mol. The molecule has 0 aromatic carbocycles. The lowest BCUT2D eigenvalue weighted by molar-refractivity contribution is -0.121. The minimum absolute atomic E-state index is 0.122. The summed E-state index contributed by atoms with van der Waals surface area (Å²) >= 11 is 1.63. The largest absolute Gasteiger partial charge is 0.353 e. The van der Waals surface area contributed by atoms with Crippen molar-refractivity contribution in [3.63, 3.8) is 0 Å². The van der Waals surface area contributed by atoms with Gasteiger partial charge in [0.1, 0.15) is 0 Å². The Bertz CT molecular complexity index is 256. The van der Waals surface area contributed by atoms with Crippen molar-refractivity contribution in [3.05, 3.63) is 22.4 Å². The Kier molecular flexibility index (Phi) is 3.96. The summed E-state index contributed by atoms with van der Waals surface area (Å²) in [6.45, 7) is 4.09. The molecule has 1 N–H and O–H groups in total. The summed E-state index contributed by atoms with van der Waals surface area (Å²) < 4.78 is 0. The van der Waals surface area contributed by atoms with Crippen molar-refractivity contribution in [2.75, 3.05) is 0 Å². The Hall–Kier alpha value is -0.830. The molecule has 0 aliphatic heterocycles. The standard InChI is InChI=1S/C10H15NOS/c1-3-8(2)11-10(12)7-9-5-4-6-13-9/h4-6,8H,3,7H2,1-2H3,(H,11,12)/t8-/m1/s1. The summed E-state index contributed by atoms with van der Waals surface area (Å²) in [5, 5.41) is 4.93. The molecular weight excluding hydrogens is 182 g/mol. The van der Waals surface area contributed by atoms with Gasteiger partial charge in [0.15, 0.2) is 0 Å². The molecule has 1 aromatic rings. The van der Waals surface area contributed by atoms with E-state index in [2.05, 4.69) is 12.2 Å². The van der Waals surface area contributed by atoms with Gasteiger partial charge < -0.3 is 5.32 Å². The third kappa shape index (κ3) is 3.59. The molecule has 0 spiro atoms. The van der Waals surface area contributed by atoms with Crippen LogP contribution in [0.1, 0.15) is 25.1 Å². The van der Waals surface area contributed by atoms with Crippen LogP contribution in [0.4, 0.5) is 0 Å². The first-order valence-electron chi connectivity index (χ1n) is 4.54. The van der Waals surface area contributed by atoms with Crippen molar-refractivity contribution in [2.45, 2.75) is 32.7 Å². The van der Waals surface area contributed by atoms with Gasteiger partial charge in [-0.25, -0.2) is 0 Å². The fourth-order valence-corrected chi connectivity index (χ4v) is 1.70. The van der Waals surface area contributed by atoms with E-state index >= 15 is 0 Å². The number of hydrogen-bond acceptors (Lipinski definition) is 2. The second-order valence-corrected chi connectivity index (χ2v) is 4.17. The SMILES string of the molecule is CC[C@@H](C)NC(=O)Cc1cccs1. The van der Waals surface area contributed by atoms with Crippen molar-refractivity contribution in [2.24, 2.45) is 0 Å². The Labute approximate surface area is 83.0 Å². The van der Waals surface area contributed by atoms with Gasteiger partial charge in [-0.05, 0) is 24.8 Å². The first-order chi connectivity index (χ1) is 6.22. The molecule has 0 bridgehead atoms. The molecule has 0 saturated carbocycles. The normalized spacial score (nSPS) is 12.5. The fraction of sp³-hybridized carbons (Fsp3) is 0.500. The zero-order valence-corrected chi connectivity index (χ0v) is 8.86. The Morgan fingerprint density at radius 3 is 3.00 bits per heavy atom. The topological polar surface area (TPSA) is 29.1 Å². The lowest BCUT2D eigenvalue weighted by Crippen LogP contribution is -2.32. The molecule has 1 amide bonds. The van der Waals surface area contributed by atoms with Crippen LogP contribution < -0.4 is 5.32 Å². The first-order valence-corrected chi connectivity index (χ1v) is 5.42. The van der Waals surface area contributed by atoms with Crippen molar-refractivity contribution < 1.29 is 4.79 Å². The van der Waals surface area contributed by atoms with Crippen LogP contribution in [0.15, 0.2) is 17.5 Å². The average Bonchev–Trinajstić information content (AvgIpc) is 2.56. The van der Waals surface area contributed by atoms with E-state index in [1.165, 1.54) is 0 Å². The lowest BCUT2D eigenvalue weighted by atomic mass is 10.2. The molecule has 72 valence electrons. The highest BCUT2D eigenvalue weighted by atomic mass is 32.1. The zero-order valence-electron chi connectivity index (χ0n) is 8.04. The molecular formula is C10H15NOS. The van der Waals surface area contributed by atoms with Gasteiger partial charge in [0.25, 0.3) is 0 Å². The van der Waals surface area contributed by atoms with Crippen molar-refractivity contribution in [1.29, 1.82) is 0 Å². The third-order valence-electron chi connectivity index (χ3n) is 1.93. The molecule has 2 nitrogen and oxygen atoms in total. The summed E-state index contributed by atoms with van der Waals surface area (Å²) in [7, 11) is 0. The predicted molar refractivity (Wildman–Crippen MR) is 55.9 cm³/mol. The summed E-state index contributed by atoms with van der Waals surface area (Å²) in [4.78, 5) is 12.5. The van der Waals surface area contributed by atoms with Gasteiger partial charge in [-0.3, -0.25) is 4.79 Å². The van der Waals surface area contributed by atoms with E-state index in [1.807, 2.05) is 24.4 Å². The molecule has 3 heteroatoms. The number of hydrogen-bond donors (Lipinski definition) is 1. The van der Waals surface area contributed by atoms with Crippen molar-refractivity contribution in [3.8, 4) is 0 Å². The van der Waals surface area contributed by atoms with Crippen LogP contribution >= 0.6 is 11.3 Å². The Morgan fingerprint density at radius 1 is 1.69 bits per heavy atom. The van der Waals surface area contributed by atoms with E-state index in [1.54, 1.807) is 11.3 Å². The molecule has 0 radical (unpaired) electrons. The maximum atomic E-state index is 11.4. The number of amides is 1. The maximum absolute atomic E-state index is 11.4. The zero-order chi connectivity index (χ0) is 9.68. The second-order valence-electron chi connectivity index (χ2n) is 3.13. The first kappa shape index (κ1) is 10.3. The number of carbonyl (C=O) groups is 1. The highest BCUT2D eigenvalue weighted by Crippen LogP contribution is 2.08. The van der Waals surface area contributed by atoms with Gasteiger partial charge in [-0.2, -0.15) is 0 Å². The van der Waals surface area contributed by atoms with Crippen LogP contribution in [-0.2, 0) is 11.2 Å². The van der Waals surface area contributed by atoms with Gasteiger partial charge in [-0.15, -0.1) is 11.3 Å². The number of rotatable bonds is 4. The minimum Gasteiger partial charge on any atom is -0.353 e. The molecule has 0 aliphatic carbocycles. The van der Waals surface area contributed by atoms with E-state index in [9.17, 15) is 4.79 Å². The molecule has 1 atom stereocenters. The van der Waals surface area contributed by atoms with Crippen LogP contribution in [0.5, 0.6) is 0 Å². The molecule has 13 heavy (non-hydrogen) atoms. The van der Waals surface area contributed by atoms with E-state index < -0.39 is 0 Å². The van der Waals surface area contributed by atoms with E-state index in [0.717, 1.165) is 11.3 Å². The van der Waals surface area contributed by atoms with Gasteiger partial charge in [0.05, 0.1) is 6.42 Å². The molecule has 1 heterocycles. The van der Waals surface area contributed by atoms with Crippen LogP contribution in [0.2, 0.25) is 0 Å². The van der Waals surface area contributed by atoms with Gasteiger partial charge >= 0.3 is 0 Å². The number of nitrogens with one attached hydrogen (secondary N) is 1. The summed E-state index contributed by atoms with van der Waals surface area (Å²) in [6.07, 6.45) is 1.50. The van der Waals surface area contributed by atoms with Crippen LogP contribution in [0, 0.1) is 0 Å². The van der Waals surface area contributed by atoms with Crippen molar-refractivity contribution >= 4 is 17.2 Å². The van der Waals surface area contributed by atoms with Crippen molar-refractivity contribution in [1.82, 2.24) is 5.32 Å². The van der Waals surface area contributed by atoms with Crippen LogP contribution in [-0.4, -0.2) is 11.9 Å². The molecule has 0 fully saturated rings. The van der Waals surface area contributed by atoms with Crippen LogP contribution in [0.25, 0.3) is 0 Å². The number of thiophene rings is 1. The second kappa shape index (κ2) is 5.02. The van der Waals surface area contributed by atoms with Gasteiger partial charge in [0, 0.05) is 10.9 Å². The molecule has 0 saturated heterocycles. The van der Waals surface area contributed by atoms with E-state index in [-0.39, 0.29) is 11.9 Å². The summed E-state index contributed by atoms with van der Waals surface area (Å²) in [5.74, 6) is 0.122. The highest BCUT2D eigenvalue weighted by Gasteiger charge is 2.06. The van der Waals surface area contributed by atoms with Gasteiger partial charge in [-0.1, -0.05) is 13.0 Å². The highest BCUT2D eigenvalue weighted by molar-refractivity contribution is 7.10. The minimum atomic E-state index is 0.122. The van der Waals surface area contributed by atoms with E-state index in [4.69, 9.17) is 0 Å². The molecule has 0 unspecified atom stereocenters. The lowest BCUT2D eigenvalue weighted by Gasteiger charge is -2.10. The smallest absolute Gasteiger partial charge is 0.225 e. The molecule has 1 aromatic heterocycles. The van der Waals surface area contributed by atoms with E-state index in [0.29, 0.717) is 6.42 Å². The quantitative estimate of drug-likeness (QED) is 0.787. The predicted octanol–water partition coefficient (Wildman–Crippen LogP) is 2.21. The van der Waals surface area contributed by atoms with Crippen LogP contribution in [0.3, 0.4) is 0 Å². The maximum Gasteiger partial charge on any atom is 0.225 e. The summed E-state index contributed by atoms with van der Waals surface area (Å²) in [6, 6.07) is 4.24. The third-order valence-corrected chi connectivity index (χ3v) is 2.81. The fourth-order valence-electron chi connectivity index (χ4n) is 0.999. The van der Waals surface area contributed by atoms with Gasteiger partial charge in [0.2, 0.25) is 5.91 Å². The summed E-state index contributed by atoms with van der Waals surface area (Å²) in [5.41, 5.74) is 0.